The van der Waals surface area contributed by atoms with Crippen molar-refractivity contribution < 1.29 is 16.8 Å². The Labute approximate surface area is 77.1 Å². The van der Waals surface area contributed by atoms with Crippen LogP contribution in [-0.2, 0) is 18.8 Å². The minimum Gasteiger partial charge on any atom is -0.302 e. The lowest BCUT2D eigenvalue weighted by molar-refractivity contribution is 0.166. The van der Waals surface area contributed by atoms with E-state index in [2.05, 4.69) is 21.5 Å². The molecule has 2 unspecified atom stereocenters. The van der Waals surface area contributed by atoms with E-state index in [1.165, 1.54) is 0 Å². The van der Waals surface area contributed by atoms with Gasteiger partial charge in [-0.05, 0) is 12.2 Å². The summed E-state index contributed by atoms with van der Waals surface area (Å²) in [5.74, 6) is 0. The van der Waals surface area contributed by atoms with E-state index in [0.29, 0.717) is 0 Å². The van der Waals surface area contributed by atoms with Crippen molar-refractivity contribution in [2.24, 2.45) is 11.5 Å². The molecule has 0 saturated carbocycles. The van der Waals surface area contributed by atoms with E-state index in [-0.39, 0.29) is 0 Å². The summed E-state index contributed by atoms with van der Waals surface area (Å²) in [7, 11) is -4.20. The number of hydrogen-bond donors (Lipinski definition) is 2. The average molecular weight is 208 g/mol. The summed E-state index contributed by atoms with van der Waals surface area (Å²) >= 11 is 0. The van der Waals surface area contributed by atoms with Crippen LogP contribution >= 0.6 is 0 Å². The Balaban J connectivity index is 4.24. The molecule has 76 valence electrons. The predicted octanol–water partition coefficient (Wildman–Crippen LogP) is -0.794. The Morgan fingerprint density at radius 1 is 1.08 bits per heavy atom. The molecule has 0 aliphatic heterocycles. The lowest BCUT2D eigenvalue weighted by Gasteiger charge is -2.10. The van der Waals surface area contributed by atoms with Gasteiger partial charge in [0.25, 0.3) is 0 Å². The largest absolute Gasteiger partial charge is 0.403 e. The van der Waals surface area contributed by atoms with Crippen LogP contribution in [0.3, 0.4) is 0 Å². The van der Waals surface area contributed by atoms with Gasteiger partial charge in [-0.3, -0.25) is 0 Å². The molecule has 0 heterocycles. The molecule has 0 spiro atoms. The van der Waals surface area contributed by atoms with Crippen molar-refractivity contribution in [3.8, 4) is 0 Å². The van der Waals surface area contributed by atoms with Crippen molar-refractivity contribution in [1.82, 2.24) is 0 Å². The second-order valence-electron chi connectivity index (χ2n) is 2.00. The Bertz CT molecular complexity index is 252. The van der Waals surface area contributed by atoms with Crippen molar-refractivity contribution in [2.45, 2.75) is 12.5 Å². The number of nitrogens with two attached hydrogens (primary N) is 2. The predicted molar refractivity (Wildman–Crippen MR) is 47.4 cm³/mol. The summed E-state index contributed by atoms with van der Waals surface area (Å²) in [6.45, 7) is 6.45. The van der Waals surface area contributed by atoms with Crippen LogP contribution in [0, 0.1) is 0 Å². The van der Waals surface area contributed by atoms with Gasteiger partial charge in [-0.15, -0.1) is 0 Å². The van der Waals surface area contributed by atoms with Gasteiger partial charge in [0, 0.05) is 0 Å². The zero-order chi connectivity index (χ0) is 10.5. The lowest BCUT2D eigenvalue weighted by atomic mass is 10.6. The Kier molecular flexibility index (Phi) is 4.81. The van der Waals surface area contributed by atoms with Gasteiger partial charge in [0.05, 0.1) is 0 Å². The molecule has 13 heavy (non-hydrogen) atoms. The van der Waals surface area contributed by atoms with E-state index in [9.17, 15) is 8.42 Å². The molecule has 7 heteroatoms. The third-order valence-electron chi connectivity index (χ3n) is 0.923. The fourth-order valence-electron chi connectivity index (χ4n) is 0.373. The van der Waals surface area contributed by atoms with Gasteiger partial charge in [0.1, 0.15) is 12.5 Å². The monoisotopic (exact) mass is 208 g/mol. The zero-order valence-corrected chi connectivity index (χ0v) is 7.74. The van der Waals surface area contributed by atoms with Crippen LogP contribution in [-0.4, -0.2) is 20.9 Å². The molecule has 0 fully saturated rings. The van der Waals surface area contributed by atoms with E-state index in [1.54, 1.807) is 0 Å². The van der Waals surface area contributed by atoms with Gasteiger partial charge in [0.15, 0.2) is 0 Å². The van der Waals surface area contributed by atoms with E-state index in [4.69, 9.17) is 11.5 Å². The van der Waals surface area contributed by atoms with Gasteiger partial charge < -0.3 is 11.5 Å². The van der Waals surface area contributed by atoms with Crippen LogP contribution in [0.1, 0.15) is 0 Å². The molecule has 0 saturated heterocycles. The van der Waals surface area contributed by atoms with Gasteiger partial charge in [-0.1, -0.05) is 13.2 Å². The zero-order valence-electron chi connectivity index (χ0n) is 6.92. The minimum absolute atomic E-state index is 1.10. The second-order valence-corrected chi connectivity index (χ2v) is 3.20. The lowest BCUT2D eigenvalue weighted by Crippen LogP contribution is -2.31. The maximum absolute atomic E-state index is 10.9. The van der Waals surface area contributed by atoms with Crippen LogP contribution in [0.15, 0.2) is 25.3 Å². The molecule has 0 aromatic carbocycles. The molecule has 2 atom stereocenters. The summed E-state index contributed by atoms with van der Waals surface area (Å²) in [6.07, 6.45) is -0.107. The topological polar surface area (TPSA) is 105 Å². The van der Waals surface area contributed by atoms with Crippen molar-refractivity contribution >= 4 is 10.4 Å². The fourth-order valence-corrected chi connectivity index (χ4v) is 1.12. The first kappa shape index (κ1) is 12.3. The Morgan fingerprint density at radius 2 is 1.38 bits per heavy atom. The maximum Gasteiger partial charge on any atom is 0.403 e. The average Bonchev–Trinajstić information content (AvgIpc) is 2.02. The molecular weight excluding hydrogens is 196 g/mol. The summed E-state index contributed by atoms with van der Waals surface area (Å²) in [5.41, 5.74) is 10.2. The molecule has 0 aromatic heterocycles. The SMILES string of the molecule is C=CC(N)OS(=O)(=O)OC(N)C=C. The highest BCUT2D eigenvalue weighted by Gasteiger charge is 2.17. The summed E-state index contributed by atoms with van der Waals surface area (Å²) < 4.78 is 30.2. The number of hydrogen-bond acceptors (Lipinski definition) is 6. The quantitative estimate of drug-likeness (QED) is 0.437. The van der Waals surface area contributed by atoms with E-state index in [0.717, 1.165) is 12.2 Å². The highest BCUT2D eigenvalue weighted by molar-refractivity contribution is 7.81. The van der Waals surface area contributed by atoms with Crippen molar-refractivity contribution in [1.29, 1.82) is 0 Å². The molecule has 0 rings (SSSR count). The third-order valence-corrected chi connectivity index (χ3v) is 1.84. The molecule has 0 aromatic rings. The van der Waals surface area contributed by atoms with E-state index < -0.39 is 22.9 Å². The first-order valence-corrected chi connectivity index (χ1v) is 4.62. The first-order valence-electron chi connectivity index (χ1n) is 3.29. The standard InChI is InChI=1S/C6H12N2O4S/c1-3-5(7)11-13(9,10)12-6(8)4-2/h3-6H,1-2,7-8H2. The van der Waals surface area contributed by atoms with E-state index in [1.807, 2.05) is 0 Å². The van der Waals surface area contributed by atoms with Crippen LogP contribution < -0.4 is 11.5 Å². The molecular formula is C6H12N2O4S. The van der Waals surface area contributed by atoms with Crippen molar-refractivity contribution in [3.05, 3.63) is 25.3 Å². The van der Waals surface area contributed by atoms with Gasteiger partial charge in [0.2, 0.25) is 0 Å². The molecule has 0 amide bonds. The van der Waals surface area contributed by atoms with Crippen molar-refractivity contribution in [3.63, 3.8) is 0 Å². The van der Waals surface area contributed by atoms with Crippen LogP contribution in [0.2, 0.25) is 0 Å². The Morgan fingerprint density at radius 3 is 1.62 bits per heavy atom. The second kappa shape index (κ2) is 5.10. The van der Waals surface area contributed by atoms with Crippen LogP contribution in [0.4, 0.5) is 0 Å². The van der Waals surface area contributed by atoms with Gasteiger partial charge in [-0.25, -0.2) is 8.37 Å². The summed E-state index contributed by atoms with van der Waals surface area (Å²) in [4.78, 5) is 0. The highest BCUT2D eigenvalue weighted by atomic mass is 32.3. The van der Waals surface area contributed by atoms with Crippen LogP contribution in [0.5, 0.6) is 0 Å². The smallest absolute Gasteiger partial charge is 0.302 e. The maximum atomic E-state index is 10.9. The normalized spacial score (nSPS) is 16.2. The molecule has 0 aliphatic carbocycles. The minimum atomic E-state index is -4.20. The van der Waals surface area contributed by atoms with E-state index >= 15 is 0 Å². The summed E-state index contributed by atoms with van der Waals surface area (Å²) in [6, 6.07) is 0. The van der Waals surface area contributed by atoms with Gasteiger partial charge >= 0.3 is 10.4 Å². The molecule has 0 bridgehead atoms. The summed E-state index contributed by atoms with van der Waals surface area (Å²) in [5, 5.41) is 0. The molecule has 6 nitrogen and oxygen atoms in total. The third kappa shape index (κ3) is 5.50. The molecule has 0 radical (unpaired) electrons. The Hall–Kier alpha value is -0.730. The van der Waals surface area contributed by atoms with Crippen LogP contribution in [0.25, 0.3) is 0 Å². The molecule has 0 aliphatic rings. The van der Waals surface area contributed by atoms with Gasteiger partial charge in [-0.2, -0.15) is 8.42 Å². The first-order chi connectivity index (χ1) is 5.91. The fraction of sp³-hybridized carbons (Fsp3) is 0.333. The van der Waals surface area contributed by atoms with Crippen molar-refractivity contribution in [2.75, 3.05) is 0 Å². The number of rotatable bonds is 6. The molecule has 4 N–H and O–H groups in total. The highest BCUT2D eigenvalue weighted by Crippen LogP contribution is 2.01.